The lowest BCUT2D eigenvalue weighted by atomic mass is 9.89. The number of rotatable bonds is 4. The number of allylic oxidation sites excluding steroid dienone is 1. The number of hydrogen-bond donors (Lipinski definition) is 1. The van der Waals surface area contributed by atoms with Crippen LogP contribution in [0.4, 0.5) is 18.9 Å². The number of anilines is 1. The Morgan fingerprint density at radius 2 is 1.78 bits per heavy atom. The Morgan fingerprint density at radius 3 is 2.35 bits per heavy atom. The molecule has 0 aromatic heterocycles. The van der Waals surface area contributed by atoms with Gasteiger partial charge in [0.2, 0.25) is 0 Å². The molecule has 2 aromatic rings. The van der Waals surface area contributed by atoms with Gasteiger partial charge in [0.05, 0.1) is 5.56 Å². The molecular weight excluding hydrogens is 299 g/mol. The monoisotopic (exact) mass is 319 g/mol. The van der Waals surface area contributed by atoms with E-state index < -0.39 is 11.7 Å². The van der Waals surface area contributed by atoms with Gasteiger partial charge < -0.3 is 5.73 Å². The van der Waals surface area contributed by atoms with Gasteiger partial charge in [0, 0.05) is 11.3 Å². The van der Waals surface area contributed by atoms with Crippen molar-refractivity contribution in [3.05, 3.63) is 59.7 Å². The number of alkyl halides is 3. The third-order valence-electron chi connectivity index (χ3n) is 4.01. The Bertz CT molecular complexity index is 730. The van der Waals surface area contributed by atoms with Crippen molar-refractivity contribution >= 4 is 11.3 Å². The number of benzene rings is 2. The van der Waals surface area contributed by atoms with E-state index in [2.05, 4.69) is 6.58 Å². The molecular formula is C19H20F3N. The van der Waals surface area contributed by atoms with Gasteiger partial charge in [-0.1, -0.05) is 38.6 Å². The summed E-state index contributed by atoms with van der Waals surface area (Å²) in [6, 6.07) is 9.07. The summed E-state index contributed by atoms with van der Waals surface area (Å²) in [5, 5.41) is 0. The molecule has 4 heteroatoms. The first-order chi connectivity index (χ1) is 10.8. The molecule has 0 heterocycles. The van der Waals surface area contributed by atoms with Crippen LogP contribution in [0.3, 0.4) is 0 Å². The molecule has 2 N–H and O–H groups in total. The molecule has 122 valence electrons. The highest BCUT2D eigenvalue weighted by molar-refractivity contribution is 5.83. The fourth-order valence-electron chi connectivity index (χ4n) is 2.71. The maximum atomic E-state index is 13.0. The number of halogens is 3. The van der Waals surface area contributed by atoms with Crippen LogP contribution in [0.5, 0.6) is 0 Å². The van der Waals surface area contributed by atoms with E-state index in [9.17, 15) is 13.2 Å². The van der Waals surface area contributed by atoms with Crippen LogP contribution in [0.25, 0.3) is 16.7 Å². The summed E-state index contributed by atoms with van der Waals surface area (Å²) >= 11 is 0. The summed E-state index contributed by atoms with van der Waals surface area (Å²) in [5.74, 6) is 0. The Morgan fingerprint density at radius 1 is 1.09 bits per heavy atom. The zero-order valence-electron chi connectivity index (χ0n) is 13.3. The van der Waals surface area contributed by atoms with Gasteiger partial charge in [0.15, 0.2) is 0 Å². The Labute approximate surface area is 134 Å². The van der Waals surface area contributed by atoms with E-state index in [0.29, 0.717) is 17.7 Å². The molecule has 0 radical (unpaired) electrons. The first kappa shape index (κ1) is 17.1. The van der Waals surface area contributed by atoms with Crippen LogP contribution in [0.1, 0.15) is 37.0 Å². The quantitative estimate of drug-likeness (QED) is 0.693. The fourth-order valence-corrected chi connectivity index (χ4v) is 2.71. The Hall–Kier alpha value is -2.23. The second-order valence-corrected chi connectivity index (χ2v) is 5.44. The minimum Gasteiger partial charge on any atom is -0.398 e. The summed E-state index contributed by atoms with van der Waals surface area (Å²) in [6.45, 7) is 8.04. The van der Waals surface area contributed by atoms with Gasteiger partial charge in [-0.05, 0) is 53.3 Å². The highest BCUT2D eigenvalue weighted by Crippen LogP contribution is 2.38. The van der Waals surface area contributed by atoms with Gasteiger partial charge in [0.25, 0.3) is 0 Å². The Balaban J connectivity index is 2.69. The molecule has 0 aliphatic carbocycles. The predicted octanol–water partition coefficient (Wildman–Crippen LogP) is 5.94. The standard InChI is InChI=1S/C19H20F3N/c1-4-12(3)15-7-6-8-16(14(15)5-2)17-11-13(19(20,21)22)9-10-18(17)23/h6-11H,3-5,23H2,1-2H3. The lowest BCUT2D eigenvalue weighted by molar-refractivity contribution is -0.137. The molecule has 0 saturated heterocycles. The molecule has 2 rings (SSSR count). The van der Waals surface area contributed by atoms with Crippen molar-refractivity contribution in [1.82, 2.24) is 0 Å². The smallest absolute Gasteiger partial charge is 0.398 e. The van der Waals surface area contributed by atoms with Crippen LogP contribution in [-0.4, -0.2) is 0 Å². The molecule has 0 bridgehead atoms. The van der Waals surface area contributed by atoms with Crippen molar-refractivity contribution in [1.29, 1.82) is 0 Å². The average Bonchev–Trinajstić information content (AvgIpc) is 2.52. The van der Waals surface area contributed by atoms with Gasteiger partial charge >= 0.3 is 6.18 Å². The van der Waals surface area contributed by atoms with Crippen molar-refractivity contribution in [2.45, 2.75) is 32.9 Å². The highest BCUT2D eigenvalue weighted by Gasteiger charge is 2.31. The normalized spacial score (nSPS) is 11.5. The van der Waals surface area contributed by atoms with E-state index in [1.54, 1.807) is 0 Å². The summed E-state index contributed by atoms with van der Waals surface area (Å²) in [5.41, 5.74) is 9.70. The van der Waals surface area contributed by atoms with Gasteiger partial charge in [-0.3, -0.25) is 0 Å². The lowest BCUT2D eigenvalue weighted by Gasteiger charge is -2.17. The van der Waals surface area contributed by atoms with Crippen molar-refractivity contribution in [2.75, 3.05) is 5.73 Å². The minimum atomic E-state index is -4.39. The lowest BCUT2D eigenvalue weighted by Crippen LogP contribution is -2.06. The van der Waals surface area contributed by atoms with Crippen molar-refractivity contribution in [3.8, 4) is 11.1 Å². The Kier molecular flexibility index (Phi) is 4.83. The van der Waals surface area contributed by atoms with Gasteiger partial charge in [-0.25, -0.2) is 0 Å². The van der Waals surface area contributed by atoms with Gasteiger partial charge in [-0.2, -0.15) is 13.2 Å². The minimum absolute atomic E-state index is 0.340. The summed E-state index contributed by atoms with van der Waals surface area (Å²) in [7, 11) is 0. The molecule has 1 nitrogen and oxygen atoms in total. The van der Waals surface area contributed by atoms with E-state index in [-0.39, 0.29) is 0 Å². The van der Waals surface area contributed by atoms with E-state index in [4.69, 9.17) is 5.73 Å². The second kappa shape index (κ2) is 6.49. The van der Waals surface area contributed by atoms with Crippen LogP contribution >= 0.6 is 0 Å². The molecule has 0 amide bonds. The summed E-state index contributed by atoms with van der Waals surface area (Å²) < 4.78 is 39.0. The molecule has 0 aliphatic rings. The third-order valence-corrected chi connectivity index (χ3v) is 4.01. The zero-order valence-corrected chi connectivity index (χ0v) is 13.3. The largest absolute Gasteiger partial charge is 0.416 e. The van der Waals surface area contributed by atoms with Crippen LogP contribution in [0.15, 0.2) is 43.0 Å². The van der Waals surface area contributed by atoms with Gasteiger partial charge in [-0.15, -0.1) is 0 Å². The summed E-state index contributed by atoms with van der Waals surface area (Å²) in [6.07, 6.45) is -2.91. The molecule has 0 saturated carbocycles. The molecule has 0 unspecified atom stereocenters. The SMILES string of the molecule is C=C(CC)c1cccc(-c2cc(C(F)(F)F)ccc2N)c1CC. The topological polar surface area (TPSA) is 26.0 Å². The van der Waals surface area contributed by atoms with E-state index in [1.165, 1.54) is 6.07 Å². The van der Waals surface area contributed by atoms with E-state index >= 15 is 0 Å². The number of nitrogens with two attached hydrogens (primary N) is 1. The van der Waals surface area contributed by atoms with Crippen LogP contribution < -0.4 is 5.73 Å². The van der Waals surface area contributed by atoms with Crippen LogP contribution in [0, 0.1) is 0 Å². The third kappa shape index (κ3) is 3.41. The fraction of sp³-hybridized carbons (Fsp3) is 0.263. The predicted molar refractivity (Wildman–Crippen MR) is 90.0 cm³/mol. The van der Waals surface area contributed by atoms with Crippen molar-refractivity contribution in [2.24, 2.45) is 0 Å². The average molecular weight is 319 g/mol. The van der Waals surface area contributed by atoms with E-state index in [1.807, 2.05) is 32.0 Å². The molecule has 0 spiro atoms. The van der Waals surface area contributed by atoms with Crippen molar-refractivity contribution < 1.29 is 13.2 Å². The zero-order chi connectivity index (χ0) is 17.2. The highest BCUT2D eigenvalue weighted by atomic mass is 19.4. The first-order valence-electron chi connectivity index (χ1n) is 7.56. The molecule has 23 heavy (non-hydrogen) atoms. The van der Waals surface area contributed by atoms with E-state index in [0.717, 1.165) is 40.8 Å². The van der Waals surface area contributed by atoms with Crippen LogP contribution in [-0.2, 0) is 12.6 Å². The molecule has 2 aromatic carbocycles. The maximum absolute atomic E-state index is 13.0. The van der Waals surface area contributed by atoms with Crippen molar-refractivity contribution in [3.63, 3.8) is 0 Å². The second-order valence-electron chi connectivity index (χ2n) is 5.44. The molecule has 0 aliphatic heterocycles. The molecule has 0 fully saturated rings. The maximum Gasteiger partial charge on any atom is 0.416 e. The van der Waals surface area contributed by atoms with Gasteiger partial charge in [0.1, 0.15) is 0 Å². The molecule has 0 atom stereocenters. The summed E-state index contributed by atoms with van der Waals surface area (Å²) in [4.78, 5) is 0. The van der Waals surface area contributed by atoms with Crippen LogP contribution in [0.2, 0.25) is 0 Å². The first-order valence-corrected chi connectivity index (χ1v) is 7.56. The number of nitrogen functional groups attached to an aromatic ring is 1. The number of hydrogen-bond acceptors (Lipinski definition) is 1.